The third kappa shape index (κ3) is 3.13. The molecule has 1 aromatic heterocycles. The van der Waals surface area contributed by atoms with Gasteiger partial charge in [0.2, 0.25) is 0 Å². The largest absolute Gasteiger partial charge is 0.483 e. The number of furan rings is 1. The Morgan fingerprint density at radius 1 is 1.07 bits per heavy atom. The summed E-state index contributed by atoms with van der Waals surface area (Å²) in [6.45, 7) is 4.47. The number of nitrogens with one attached hydrogen (secondary N) is 1. The molecule has 4 nitrogen and oxygen atoms in total. The minimum absolute atomic E-state index is 0.146. The van der Waals surface area contributed by atoms with E-state index in [4.69, 9.17) is 9.15 Å². The van der Waals surface area contributed by atoms with Crippen molar-refractivity contribution in [1.29, 1.82) is 0 Å². The Morgan fingerprint density at radius 2 is 1.83 bits per heavy atom. The molecule has 2 aromatic carbocycles. The van der Waals surface area contributed by atoms with Gasteiger partial charge in [0.05, 0.1) is 0 Å². The summed E-state index contributed by atoms with van der Waals surface area (Å²) < 4.78 is 12.3. The SMILES string of the molecule is Cc1ccc(CNC(=O)c2oc3ccc4c(c3c2C)C=CC2(CCCC2)O4)cc1. The van der Waals surface area contributed by atoms with E-state index >= 15 is 0 Å². The molecule has 1 amide bonds. The van der Waals surface area contributed by atoms with Gasteiger partial charge in [-0.05, 0) is 63.3 Å². The number of amides is 1. The van der Waals surface area contributed by atoms with Gasteiger partial charge in [-0.15, -0.1) is 0 Å². The van der Waals surface area contributed by atoms with Crippen LogP contribution in [0, 0.1) is 13.8 Å². The fraction of sp³-hybridized carbons (Fsp3) is 0.320. The van der Waals surface area contributed by atoms with Gasteiger partial charge in [0, 0.05) is 23.1 Å². The first kappa shape index (κ1) is 18.0. The fourth-order valence-electron chi connectivity index (χ4n) is 4.52. The Balaban J connectivity index is 1.43. The van der Waals surface area contributed by atoms with E-state index in [0.29, 0.717) is 12.3 Å². The van der Waals surface area contributed by atoms with E-state index in [1.165, 1.54) is 18.4 Å². The van der Waals surface area contributed by atoms with Gasteiger partial charge in [-0.3, -0.25) is 4.79 Å². The van der Waals surface area contributed by atoms with Crippen LogP contribution in [0.25, 0.3) is 17.0 Å². The lowest BCUT2D eigenvalue weighted by atomic mass is 9.94. The van der Waals surface area contributed by atoms with Crippen LogP contribution in [0.2, 0.25) is 0 Å². The van der Waals surface area contributed by atoms with Crippen LogP contribution in [0.5, 0.6) is 5.75 Å². The molecule has 29 heavy (non-hydrogen) atoms. The topological polar surface area (TPSA) is 51.5 Å². The Bertz CT molecular complexity index is 1120. The molecule has 1 aliphatic heterocycles. The van der Waals surface area contributed by atoms with E-state index in [2.05, 4.69) is 17.5 Å². The molecule has 1 saturated carbocycles. The molecule has 4 heteroatoms. The minimum atomic E-state index is -0.194. The molecule has 0 radical (unpaired) electrons. The molecule has 0 unspecified atom stereocenters. The van der Waals surface area contributed by atoms with Gasteiger partial charge in [-0.25, -0.2) is 0 Å². The zero-order valence-electron chi connectivity index (χ0n) is 16.9. The molecule has 0 bridgehead atoms. The number of carbonyl (C=O) groups is 1. The van der Waals surface area contributed by atoms with Gasteiger partial charge < -0.3 is 14.5 Å². The molecule has 1 aliphatic carbocycles. The maximum Gasteiger partial charge on any atom is 0.287 e. The summed E-state index contributed by atoms with van der Waals surface area (Å²) in [7, 11) is 0. The predicted molar refractivity (Wildman–Crippen MR) is 114 cm³/mol. The van der Waals surface area contributed by atoms with Crippen molar-refractivity contribution in [3.05, 3.63) is 70.5 Å². The van der Waals surface area contributed by atoms with Gasteiger partial charge in [0.15, 0.2) is 5.76 Å². The van der Waals surface area contributed by atoms with Crippen LogP contribution in [0.15, 0.2) is 46.9 Å². The molecule has 148 valence electrons. The Hall–Kier alpha value is -3.01. The fourth-order valence-corrected chi connectivity index (χ4v) is 4.52. The third-order valence-electron chi connectivity index (χ3n) is 6.19. The van der Waals surface area contributed by atoms with E-state index in [0.717, 1.165) is 46.3 Å². The summed E-state index contributed by atoms with van der Waals surface area (Å²) in [5.74, 6) is 1.06. The van der Waals surface area contributed by atoms with Crippen molar-refractivity contribution in [3.8, 4) is 5.75 Å². The number of hydrogen-bond acceptors (Lipinski definition) is 3. The zero-order valence-corrected chi connectivity index (χ0v) is 16.9. The second-order valence-electron chi connectivity index (χ2n) is 8.28. The lowest BCUT2D eigenvalue weighted by Crippen LogP contribution is -2.31. The summed E-state index contributed by atoms with van der Waals surface area (Å²) >= 11 is 0. The van der Waals surface area contributed by atoms with E-state index in [1.54, 1.807) is 0 Å². The second kappa shape index (κ2) is 6.80. The molecule has 0 atom stereocenters. The lowest BCUT2D eigenvalue weighted by molar-refractivity contribution is 0.0924. The van der Waals surface area contributed by atoms with Gasteiger partial charge in [-0.2, -0.15) is 0 Å². The normalized spacial score (nSPS) is 16.8. The average Bonchev–Trinajstić information content (AvgIpc) is 3.32. The summed E-state index contributed by atoms with van der Waals surface area (Å²) in [5.41, 5.74) is 4.71. The highest BCUT2D eigenvalue weighted by Gasteiger charge is 2.36. The summed E-state index contributed by atoms with van der Waals surface area (Å²) in [5, 5.41) is 3.94. The first-order chi connectivity index (χ1) is 14.0. The van der Waals surface area contributed by atoms with Crippen LogP contribution in [0.3, 0.4) is 0 Å². The van der Waals surface area contributed by atoms with Gasteiger partial charge in [-0.1, -0.05) is 35.9 Å². The second-order valence-corrected chi connectivity index (χ2v) is 8.28. The highest BCUT2D eigenvalue weighted by atomic mass is 16.5. The number of carbonyl (C=O) groups excluding carboxylic acids is 1. The van der Waals surface area contributed by atoms with Gasteiger partial charge in [0.1, 0.15) is 16.9 Å². The molecule has 2 heterocycles. The number of ether oxygens (including phenoxy) is 1. The van der Waals surface area contributed by atoms with Crippen molar-refractivity contribution in [2.45, 2.75) is 51.7 Å². The Labute approximate surface area is 170 Å². The van der Waals surface area contributed by atoms with Crippen molar-refractivity contribution >= 4 is 23.0 Å². The van der Waals surface area contributed by atoms with Crippen molar-refractivity contribution in [2.75, 3.05) is 0 Å². The molecule has 1 N–H and O–H groups in total. The summed E-state index contributed by atoms with van der Waals surface area (Å²) in [6.07, 6.45) is 8.90. The first-order valence-corrected chi connectivity index (χ1v) is 10.3. The van der Waals surface area contributed by atoms with Crippen LogP contribution < -0.4 is 10.1 Å². The Morgan fingerprint density at radius 3 is 2.59 bits per heavy atom. The molecular formula is C25H25NO3. The number of rotatable bonds is 3. The lowest BCUT2D eigenvalue weighted by Gasteiger charge is -2.31. The van der Waals surface area contributed by atoms with Crippen LogP contribution in [0.4, 0.5) is 0 Å². The van der Waals surface area contributed by atoms with Gasteiger partial charge >= 0.3 is 0 Å². The van der Waals surface area contributed by atoms with Crippen molar-refractivity contribution in [2.24, 2.45) is 0 Å². The van der Waals surface area contributed by atoms with E-state index in [-0.39, 0.29) is 11.5 Å². The summed E-state index contributed by atoms with van der Waals surface area (Å²) in [4.78, 5) is 12.8. The van der Waals surface area contributed by atoms with Crippen LogP contribution in [-0.2, 0) is 6.54 Å². The highest BCUT2D eigenvalue weighted by Crippen LogP contribution is 2.44. The third-order valence-corrected chi connectivity index (χ3v) is 6.19. The van der Waals surface area contributed by atoms with Crippen LogP contribution >= 0.6 is 0 Å². The first-order valence-electron chi connectivity index (χ1n) is 10.3. The maximum absolute atomic E-state index is 12.8. The highest BCUT2D eigenvalue weighted by molar-refractivity contribution is 6.02. The number of benzene rings is 2. The van der Waals surface area contributed by atoms with Crippen molar-refractivity contribution < 1.29 is 13.9 Å². The molecule has 0 saturated heterocycles. The quantitative estimate of drug-likeness (QED) is 0.627. The van der Waals surface area contributed by atoms with E-state index in [1.807, 2.05) is 50.2 Å². The molecular weight excluding hydrogens is 362 g/mol. The molecule has 3 aromatic rings. The monoisotopic (exact) mass is 387 g/mol. The Kier molecular flexibility index (Phi) is 4.23. The van der Waals surface area contributed by atoms with Gasteiger partial charge in [0.25, 0.3) is 5.91 Å². The average molecular weight is 387 g/mol. The maximum atomic E-state index is 12.8. The van der Waals surface area contributed by atoms with Crippen molar-refractivity contribution in [1.82, 2.24) is 5.32 Å². The predicted octanol–water partition coefficient (Wildman–Crippen LogP) is 5.70. The van der Waals surface area contributed by atoms with Crippen LogP contribution in [-0.4, -0.2) is 11.5 Å². The number of fused-ring (bicyclic) bond motifs is 3. The molecule has 2 aliphatic rings. The minimum Gasteiger partial charge on any atom is -0.483 e. The van der Waals surface area contributed by atoms with E-state index in [9.17, 15) is 4.79 Å². The van der Waals surface area contributed by atoms with E-state index < -0.39 is 0 Å². The standard InChI is InChI=1S/C25H25NO3/c1-16-5-7-18(8-6-16)15-26-24(27)23-17(2)22-19-11-14-25(12-3-4-13-25)29-20(19)9-10-21(22)28-23/h5-11,14H,3-4,12-13,15H2,1-2H3,(H,26,27). The molecule has 1 fully saturated rings. The smallest absolute Gasteiger partial charge is 0.287 e. The zero-order chi connectivity index (χ0) is 20.0. The number of hydrogen-bond donors (Lipinski definition) is 1. The van der Waals surface area contributed by atoms with Crippen LogP contribution in [0.1, 0.15) is 58.5 Å². The number of aryl methyl sites for hydroxylation is 2. The molecule has 5 rings (SSSR count). The summed E-state index contributed by atoms with van der Waals surface area (Å²) in [6, 6.07) is 12.0. The van der Waals surface area contributed by atoms with Crippen molar-refractivity contribution in [3.63, 3.8) is 0 Å². The molecule has 1 spiro atoms.